The molecule has 0 bridgehead atoms. The molecule has 5 heteroatoms. The maximum atomic E-state index is 13.0. The minimum atomic E-state index is -0.659. The van der Waals surface area contributed by atoms with Crippen LogP contribution in [-0.4, -0.2) is 36.3 Å². The lowest BCUT2D eigenvalue weighted by molar-refractivity contribution is 0.0654. The van der Waals surface area contributed by atoms with Gasteiger partial charge >= 0.3 is 0 Å². The van der Waals surface area contributed by atoms with Crippen LogP contribution in [0.2, 0.25) is 0 Å². The summed E-state index contributed by atoms with van der Waals surface area (Å²) in [5.41, 5.74) is 1.55. The summed E-state index contributed by atoms with van der Waals surface area (Å²) in [5.74, 6) is 0.353. The number of hydrogen-bond acceptors (Lipinski definition) is 4. The van der Waals surface area contributed by atoms with Gasteiger partial charge in [-0.05, 0) is 55.9 Å². The summed E-state index contributed by atoms with van der Waals surface area (Å²) in [5, 5.41) is 18.9. The normalized spacial score (nSPS) is 13.3. The van der Waals surface area contributed by atoms with E-state index in [4.69, 9.17) is 10.00 Å². The molecule has 2 atom stereocenters. The second kappa shape index (κ2) is 8.44. The van der Waals surface area contributed by atoms with Gasteiger partial charge in [0.1, 0.15) is 24.3 Å². The minimum absolute atomic E-state index is 0.0511. The molecule has 126 valence electrons. The second-order valence-electron chi connectivity index (χ2n) is 5.77. The van der Waals surface area contributed by atoms with Crippen LogP contribution in [0.3, 0.4) is 0 Å². The highest BCUT2D eigenvalue weighted by Gasteiger charge is 2.16. The molecule has 0 heterocycles. The zero-order valence-electron chi connectivity index (χ0n) is 13.8. The van der Waals surface area contributed by atoms with E-state index in [0.717, 1.165) is 5.56 Å². The maximum Gasteiger partial charge on any atom is 0.123 e. The van der Waals surface area contributed by atoms with E-state index in [1.807, 2.05) is 24.9 Å². The van der Waals surface area contributed by atoms with Crippen LogP contribution in [0, 0.1) is 17.1 Å². The lowest BCUT2D eigenvalue weighted by Crippen LogP contribution is -2.34. The maximum absolute atomic E-state index is 13.0. The number of ether oxygens (including phenoxy) is 1. The Morgan fingerprint density at radius 1 is 1.17 bits per heavy atom. The average molecular weight is 328 g/mol. The van der Waals surface area contributed by atoms with Crippen molar-refractivity contribution in [3.63, 3.8) is 0 Å². The smallest absolute Gasteiger partial charge is 0.123 e. The third-order valence-electron chi connectivity index (χ3n) is 3.94. The van der Waals surface area contributed by atoms with Gasteiger partial charge in [0, 0.05) is 12.6 Å². The Labute approximate surface area is 141 Å². The van der Waals surface area contributed by atoms with Crippen LogP contribution in [0.25, 0.3) is 0 Å². The molecule has 24 heavy (non-hydrogen) atoms. The number of aliphatic hydroxyl groups is 1. The molecule has 2 rings (SSSR count). The van der Waals surface area contributed by atoms with E-state index in [0.29, 0.717) is 17.9 Å². The largest absolute Gasteiger partial charge is 0.491 e. The van der Waals surface area contributed by atoms with Crippen molar-refractivity contribution in [1.29, 1.82) is 5.26 Å². The highest BCUT2D eigenvalue weighted by molar-refractivity contribution is 5.34. The number of halogens is 1. The number of hydrogen-bond donors (Lipinski definition) is 1. The predicted octanol–water partition coefficient (Wildman–Crippen LogP) is 3.13. The Hall–Kier alpha value is -2.42. The van der Waals surface area contributed by atoms with Gasteiger partial charge in [0.2, 0.25) is 0 Å². The fraction of sp³-hybridized carbons (Fsp3) is 0.316. The lowest BCUT2D eigenvalue weighted by Gasteiger charge is -2.27. The van der Waals surface area contributed by atoms with E-state index in [9.17, 15) is 9.50 Å². The summed E-state index contributed by atoms with van der Waals surface area (Å²) >= 11 is 0. The van der Waals surface area contributed by atoms with Crippen molar-refractivity contribution in [2.45, 2.75) is 19.1 Å². The zero-order valence-corrected chi connectivity index (χ0v) is 13.8. The number of likely N-dealkylation sites (N-methyl/N-ethyl adjacent to an activating group) is 1. The first kappa shape index (κ1) is 17.9. The third-order valence-corrected chi connectivity index (χ3v) is 3.94. The van der Waals surface area contributed by atoms with Gasteiger partial charge in [0.05, 0.1) is 11.6 Å². The van der Waals surface area contributed by atoms with Gasteiger partial charge in [-0.2, -0.15) is 5.26 Å². The molecule has 1 N–H and O–H groups in total. The molecule has 4 nitrogen and oxygen atoms in total. The topological polar surface area (TPSA) is 56.5 Å². The quantitative estimate of drug-likeness (QED) is 0.848. The molecule has 2 aromatic rings. The highest BCUT2D eigenvalue weighted by atomic mass is 19.1. The molecule has 0 amide bonds. The molecular weight excluding hydrogens is 307 g/mol. The third kappa shape index (κ3) is 5.05. The van der Waals surface area contributed by atoms with Crippen molar-refractivity contribution in [3.05, 3.63) is 65.5 Å². The molecule has 0 fully saturated rings. The monoisotopic (exact) mass is 328 g/mol. The van der Waals surface area contributed by atoms with Crippen molar-refractivity contribution in [1.82, 2.24) is 4.90 Å². The Morgan fingerprint density at radius 2 is 1.79 bits per heavy atom. The van der Waals surface area contributed by atoms with Crippen LogP contribution < -0.4 is 4.74 Å². The highest BCUT2D eigenvalue weighted by Crippen LogP contribution is 2.19. The molecule has 0 aromatic heterocycles. The first-order chi connectivity index (χ1) is 11.5. The molecule has 0 aliphatic heterocycles. The molecule has 2 aromatic carbocycles. The first-order valence-corrected chi connectivity index (χ1v) is 7.76. The van der Waals surface area contributed by atoms with E-state index in [2.05, 4.69) is 0 Å². The fourth-order valence-corrected chi connectivity index (χ4v) is 2.36. The van der Waals surface area contributed by atoms with Crippen LogP contribution in [-0.2, 0) is 0 Å². The molecule has 0 spiro atoms. The molecule has 0 saturated heterocycles. The number of benzene rings is 2. The van der Waals surface area contributed by atoms with Crippen LogP contribution in [0.1, 0.15) is 24.1 Å². The number of aliphatic hydroxyl groups excluding tert-OH is 1. The van der Waals surface area contributed by atoms with Gasteiger partial charge in [-0.25, -0.2) is 4.39 Å². The van der Waals surface area contributed by atoms with Gasteiger partial charge in [-0.3, -0.25) is 4.90 Å². The standard InChI is InChI=1S/C19H21FN2O2/c1-14(16-5-7-17(20)8-6-16)22(2)12-18(23)13-24-19-9-3-15(11-21)4-10-19/h3-10,14,18,23H,12-13H2,1-2H3. The van der Waals surface area contributed by atoms with E-state index in [1.54, 1.807) is 36.4 Å². The predicted molar refractivity (Wildman–Crippen MR) is 90.1 cm³/mol. The minimum Gasteiger partial charge on any atom is -0.491 e. The Bertz CT molecular complexity index is 680. The van der Waals surface area contributed by atoms with E-state index >= 15 is 0 Å². The average Bonchev–Trinajstić information content (AvgIpc) is 2.60. The number of nitriles is 1. The van der Waals surface area contributed by atoms with E-state index in [1.165, 1.54) is 12.1 Å². The van der Waals surface area contributed by atoms with Crippen molar-refractivity contribution in [3.8, 4) is 11.8 Å². The Kier molecular flexibility index (Phi) is 6.30. The lowest BCUT2D eigenvalue weighted by atomic mass is 10.1. The van der Waals surface area contributed by atoms with E-state index < -0.39 is 6.10 Å². The molecule has 0 radical (unpaired) electrons. The molecule has 0 saturated carbocycles. The summed E-state index contributed by atoms with van der Waals surface area (Å²) in [7, 11) is 1.90. The number of rotatable bonds is 7. The summed E-state index contributed by atoms with van der Waals surface area (Å²) < 4.78 is 18.5. The Morgan fingerprint density at radius 3 is 2.38 bits per heavy atom. The van der Waals surface area contributed by atoms with Gasteiger partial charge in [-0.15, -0.1) is 0 Å². The summed E-state index contributed by atoms with van der Waals surface area (Å²) in [6, 6.07) is 15.2. The van der Waals surface area contributed by atoms with Crippen molar-refractivity contribution in [2.75, 3.05) is 20.2 Å². The van der Waals surface area contributed by atoms with Gasteiger partial charge in [0.15, 0.2) is 0 Å². The summed E-state index contributed by atoms with van der Waals surface area (Å²) in [4.78, 5) is 1.99. The zero-order chi connectivity index (χ0) is 17.5. The van der Waals surface area contributed by atoms with Crippen LogP contribution >= 0.6 is 0 Å². The van der Waals surface area contributed by atoms with Crippen molar-refractivity contribution in [2.24, 2.45) is 0 Å². The fourth-order valence-electron chi connectivity index (χ4n) is 2.36. The van der Waals surface area contributed by atoms with Gasteiger partial charge in [-0.1, -0.05) is 12.1 Å². The summed E-state index contributed by atoms with van der Waals surface area (Å²) in [6.07, 6.45) is -0.659. The van der Waals surface area contributed by atoms with Crippen molar-refractivity contribution < 1.29 is 14.2 Å². The van der Waals surface area contributed by atoms with Gasteiger partial charge in [0.25, 0.3) is 0 Å². The van der Waals surface area contributed by atoms with Crippen LogP contribution in [0.4, 0.5) is 4.39 Å². The van der Waals surface area contributed by atoms with Crippen LogP contribution in [0.5, 0.6) is 5.75 Å². The molecule has 0 aliphatic carbocycles. The second-order valence-corrected chi connectivity index (χ2v) is 5.77. The van der Waals surface area contributed by atoms with E-state index in [-0.39, 0.29) is 18.5 Å². The SMILES string of the molecule is CC(c1ccc(F)cc1)N(C)CC(O)COc1ccc(C#N)cc1. The first-order valence-electron chi connectivity index (χ1n) is 7.76. The number of nitrogens with zero attached hydrogens (tertiary/aromatic N) is 2. The van der Waals surface area contributed by atoms with Crippen molar-refractivity contribution >= 4 is 0 Å². The van der Waals surface area contributed by atoms with Crippen LogP contribution in [0.15, 0.2) is 48.5 Å². The molecule has 2 unspecified atom stereocenters. The summed E-state index contributed by atoms with van der Waals surface area (Å²) in [6.45, 7) is 2.59. The molecule has 0 aliphatic rings. The Balaban J connectivity index is 1.83. The van der Waals surface area contributed by atoms with Gasteiger partial charge < -0.3 is 9.84 Å². The molecular formula is C19H21FN2O2.